The first kappa shape index (κ1) is 16.0. The molecular formula is C19H23N3O3. The van der Waals surface area contributed by atoms with Gasteiger partial charge in [0.1, 0.15) is 13.2 Å². The van der Waals surface area contributed by atoms with Gasteiger partial charge in [0.2, 0.25) is 0 Å². The highest BCUT2D eigenvalue weighted by molar-refractivity contribution is 5.98. The van der Waals surface area contributed by atoms with Crippen molar-refractivity contribution in [1.29, 1.82) is 0 Å². The maximum absolute atomic E-state index is 13.2. The number of hydrogen-bond donors (Lipinski definition) is 0. The van der Waals surface area contributed by atoms with Crippen LogP contribution in [0, 0.1) is 13.8 Å². The van der Waals surface area contributed by atoms with Crippen LogP contribution in [-0.4, -0.2) is 46.4 Å². The number of nitrogens with zero attached hydrogens (tertiary/aromatic N) is 3. The van der Waals surface area contributed by atoms with Crippen molar-refractivity contribution in [2.75, 3.05) is 19.8 Å². The number of aryl methyl sites for hydroxylation is 2. The molecule has 1 atom stereocenters. The zero-order valence-corrected chi connectivity index (χ0v) is 14.7. The lowest BCUT2D eigenvalue weighted by atomic mass is 10.1. The van der Waals surface area contributed by atoms with E-state index in [1.807, 2.05) is 34.7 Å². The van der Waals surface area contributed by atoms with Crippen LogP contribution in [-0.2, 0) is 6.54 Å². The molecule has 0 radical (unpaired) electrons. The molecule has 0 unspecified atom stereocenters. The third-order valence-corrected chi connectivity index (χ3v) is 4.92. The summed E-state index contributed by atoms with van der Waals surface area (Å²) in [5.41, 5.74) is 2.74. The van der Waals surface area contributed by atoms with E-state index in [0.717, 1.165) is 37.3 Å². The molecule has 0 aliphatic carbocycles. The number of likely N-dealkylation sites (tertiary alicyclic amines) is 1. The lowest BCUT2D eigenvalue weighted by Gasteiger charge is -2.27. The third kappa shape index (κ3) is 2.97. The number of carbonyl (C=O) groups is 1. The first-order valence-electron chi connectivity index (χ1n) is 8.84. The molecule has 2 aromatic rings. The van der Waals surface area contributed by atoms with Crippen molar-refractivity contribution in [2.24, 2.45) is 0 Å². The van der Waals surface area contributed by atoms with Gasteiger partial charge < -0.3 is 14.4 Å². The molecule has 0 saturated carbocycles. The van der Waals surface area contributed by atoms with Crippen molar-refractivity contribution in [3.8, 4) is 11.5 Å². The van der Waals surface area contributed by atoms with E-state index >= 15 is 0 Å². The van der Waals surface area contributed by atoms with Crippen LogP contribution in [0.4, 0.5) is 0 Å². The van der Waals surface area contributed by atoms with Crippen LogP contribution in [0.15, 0.2) is 24.3 Å². The van der Waals surface area contributed by atoms with Gasteiger partial charge in [-0.1, -0.05) is 6.07 Å². The Morgan fingerprint density at radius 2 is 2.12 bits per heavy atom. The molecule has 1 amide bonds. The highest BCUT2D eigenvalue weighted by atomic mass is 16.6. The summed E-state index contributed by atoms with van der Waals surface area (Å²) in [5.74, 6) is 1.26. The molecule has 0 N–H and O–H groups in total. The number of hydrogen-bond acceptors (Lipinski definition) is 4. The van der Waals surface area contributed by atoms with Crippen molar-refractivity contribution < 1.29 is 14.3 Å². The summed E-state index contributed by atoms with van der Waals surface area (Å²) in [6.07, 6.45) is 2.01. The summed E-state index contributed by atoms with van der Waals surface area (Å²) < 4.78 is 13.3. The van der Waals surface area contributed by atoms with Crippen LogP contribution >= 0.6 is 0 Å². The minimum absolute atomic E-state index is 0.0198. The molecule has 1 aromatic heterocycles. The smallest absolute Gasteiger partial charge is 0.258 e. The van der Waals surface area contributed by atoms with Gasteiger partial charge in [-0.25, -0.2) is 0 Å². The highest BCUT2D eigenvalue weighted by Gasteiger charge is 2.32. The summed E-state index contributed by atoms with van der Waals surface area (Å²) in [6.45, 7) is 6.56. The van der Waals surface area contributed by atoms with Crippen molar-refractivity contribution in [2.45, 2.75) is 39.3 Å². The Labute approximate surface area is 147 Å². The van der Waals surface area contributed by atoms with Crippen LogP contribution in [0.25, 0.3) is 0 Å². The number of aromatic nitrogens is 2. The molecule has 2 aliphatic heterocycles. The van der Waals surface area contributed by atoms with E-state index in [2.05, 4.69) is 18.1 Å². The number of amides is 1. The van der Waals surface area contributed by atoms with Crippen LogP contribution in [0.3, 0.4) is 0 Å². The zero-order chi connectivity index (χ0) is 17.4. The molecule has 0 bridgehead atoms. The largest absolute Gasteiger partial charge is 0.486 e. The second-order valence-electron chi connectivity index (χ2n) is 6.73. The Hall–Kier alpha value is -2.50. The molecule has 1 aromatic carbocycles. The Morgan fingerprint density at radius 3 is 2.92 bits per heavy atom. The molecule has 0 spiro atoms. The summed E-state index contributed by atoms with van der Waals surface area (Å²) in [4.78, 5) is 15.1. The Kier molecular flexibility index (Phi) is 4.11. The van der Waals surface area contributed by atoms with Crippen LogP contribution in [0.2, 0.25) is 0 Å². The first-order chi connectivity index (χ1) is 12.1. The van der Waals surface area contributed by atoms with E-state index in [4.69, 9.17) is 9.47 Å². The standard InChI is InChI=1S/C19H23N3O3/c1-13-11-14(2)22(20-13)12-15-5-4-8-21(15)19(23)16-6-3-7-17-18(16)25-10-9-24-17/h3,6-7,11,15H,4-5,8-10,12H2,1-2H3/t15-/m1/s1. The van der Waals surface area contributed by atoms with Crippen molar-refractivity contribution >= 4 is 5.91 Å². The van der Waals surface area contributed by atoms with E-state index in [-0.39, 0.29) is 11.9 Å². The fraction of sp³-hybridized carbons (Fsp3) is 0.474. The van der Waals surface area contributed by atoms with Gasteiger partial charge in [-0.05, 0) is 44.9 Å². The van der Waals surface area contributed by atoms with Gasteiger partial charge in [-0.3, -0.25) is 9.48 Å². The molecule has 1 saturated heterocycles. The van der Waals surface area contributed by atoms with Gasteiger partial charge in [0.05, 0.1) is 23.8 Å². The number of para-hydroxylation sites is 1. The topological polar surface area (TPSA) is 56.6 Å². The van der Waals surface area contributed by atoms with Crippen LogP contribution in [0.5, 0.6) is 11.5 Å². The molecule has 1 fully saturated rings. The van der Waals surface area contributed by atoms with Gasteiger partial charge in [-0.2, -0.15) is 5.10 Å². The van der Waals surface area contributed by atoms with Gasteiger partial charge in [-0.15, -0.1) is 0 Å². The van der Waals surface area contributed by atoms with E-state index in [9.17, 15) is 4.79 Å². The van der Waals surface area contributed by atoms with Crippen LogP contribution in [0.1, 0.15) is 34.6 Å². The van der Waals surface area contributed by atoms with Crippen molar-refractivity contribution in [3.63, 3.8) is 0 Å². The Morgan fingerprint density at radius 1 is 1.28 bits per heavy atom. The minimum Gasteiger partial charge on any atom is -0.486 e. The molecular weight excluding hydrogens is 318 g/mol. The predicted molar refractivity (Wildman–Crippen MR) is 93.2 cm³/mol. The van der Waals surface area contributed by atoms with E-state index < -0.39 is 0 Å². The SMILES string of the molecule is Cc1cc(C)n(C[C@H]2CCCN2C(=O)c2cccc3c2OCCO3)n1. The Balaban J connectivity index is 1.58. The second kappa shape index (κ2) is 6.43. The fourth-order valence-corrected chi connectivity index (χ4v) is 3.75. The summed E-state index contributed by atoms with van der Waals surface area (Å²) in [7, 11) is 0. The van der Waals surface area contributed by atoms with Gasteiger partial charge in [0, 0.05) is 12.2 Å². The van der Waals surface area contributed by atoms with Gasteiger partial charge >= 0.3 is 0 Å². The summed E-state index contributed by atoms with van der Waals surface area (Å²) in [5, 5.41) is 4.54. The maximum Gasteiger partial charge on any atom is 0.258 e. The van der Waals surface area contributed by atoms with E-state index in [1.165, 1.54) is 0 Å². The summed E-state index contributed by atoms with van der Waals surface area (Å²) in [6, 6.07) is 7.76. The number of fused-ring (bicyclic) bond motifs is 1. The minimum atomic E-state index is 0.0198. The molecule has 6 heteroatoms. The molecule has 2 aliphatic rings. The third-order valence-electron chi connectivity index (χ3n) is 4.92. The number of rotatable bonds is 3. The lowest BCUT2D eigenvalue weighted by Crippen LogP contribution is -2.38. The molecule has 25 heavy (non-hydrogen) atoms. The Bertz CT molecular complexity index is 799. The van der Waals surface area contributed by atoms with Gasteiger partial charge in [0.25, 0.3) is 5.91 Å². The quantitative estimate of drug-likeness (QED) is 0.861. The van der Waals surface area contributed by atoms with Crippen molar-refractivity contribution in [3.05, 3.63) is 41.2 Å². The molecule has 6 nitrogen and oxygen atoms in total. The average molecular weight is 341 g/mol. The average Bonchev–Trinajstić information content (AvgIpc) is 3.20. The van der Waals surface area contributed by atoms with E-state index in [1.54, 1.807) is 0 Å². The fourth-order valence-electron chi connectivity index (χ4n) is 3.75. The molecule has 132 valence electrons. The monoisotopic (exact) mass is 341 g/mol. The van der Waals surface area contributed by atoms with Gasteiger partial charge in [0.15, 0.2) is 11.5 Å². The predicted octanol–water partition coefficient (Wildman–Crippen LogP) is 2.58. The zero-order valence-electron chi connectivity index (χ0n) is 14.7. The maximum atomic E-state index is 13.2. The lowest BCUT2D eigenvalue weighted by molar-refractivity contribution is 0.0710. The number of carbonyl (C=O) groups excluding carboxylic acids is 1. The molecule has 3 heterocycles. The second-order valence-corrected chi connectivity index (χ2v) is 6.73. The normalized spacial score (nSPS) is 19.3. The first-order valence-corrected chi connectivity index (χ1v) is 8.84. The van der Waals surface area contributed by atoms with E-state index in [0.29, 0.717) is 30.3 Å². The highest BCUT2D eigenvalue weighted by Crippen LogP contribution is 2.35. The summed E-state index contributed by atoms with van der Waals surface area (Å²) >= 11 is 0. The number of benzene rings is 1. The van der Waals surface area contributed by atoms with Crippen molar-refractivity contribution in [1.82, 2.24) is 14.7 Å². The number of ether oxygens (including phenoxy) is 2. The van der Waals surface area contributed by atoms with Crippen LogP contribution < -0.4 is 9.47 Å². The molecule has 4 rings (SSSR count).